The van der Waals surface area contributed by atoms with Crippen molar-refractivity contribution in [2.24, 2.45) is 64.6 Å². The molecule has 0 aromatic heterocycles. The molecule has 4 heteroatoms. The van der Waals surface area contributed by atoms with Crippen LogP contribution in [0.15, 0.2) is 0 Å². The monoisotopic (exact) mass is 480 g/mol. The maximum Gasteiger partial charge on any atom is 0.233 e. The first-order valence-electron chi connectivity index (χ1n) is 15.5. The van der Waals surface area contributed by atoms with Gasteiger partial charge in [0.05, 0.1) is 0 Å². The molecule has 4 nitrogen and oxygen atoms in total. The Morgan fingerprint density at radius 3 is 1.37 bits per heavy atom. The van der Waals surface area contributed by atoms with E-state index in [1.807, 2.05) is 0 Å². The standard InChI is InChI=1S/C31H48N2O2/c1-17(26-12-19-3-5-24(26)10-19)32-29(34)28(31-14-21-7-22(15-31)9-23(8-21)16-31)30(35)33-18(2)27-13-20-4-6-25(27)11-20/h17-28H,3-16H2,1-2H3,(H,32,34)(H,33,35)/t17-,18-,19+,20+,21?,22?,23?,24+,25+,26-,27-,31?/m0/s1. The second kappa shape index (κ2) is 8.48. The number of fused-ring (bicyclic) bond motifs is 4. The molecule has 2 amide bonds. The van der Waals surface area contributed by atoms with Crippen LogP contribution in [0, 0.1) is 64.6 Å². The van der Waals surface area contributed by atoms with Crippen molar-refractivity contribution >= 4 is 11.8 Å². The van der Waals surface area contributed by atoms with Crippen molar-refractivity contribution in [3.8, 4) is 0 Å². The van der Waals surface area contributed by atoms with Crippen LogP contribution in [0.4, 0.5) is 0 Å². The predicted molar refractivity (Wildman–Crippen MR) is 137 cm³/mol. The zero-order chi connectivity index (χ0) is 23.9. The molecule has 0 unspecified atom stereocenters. The Morgan fingerprint density at radius 2 is 1.03 bits per heavy atom. The van der Waals surface area contributed by atoms with Crippen molar-refractivity contribution in [1.82, 2.24) is 10.6 Å². The fourth-order valence-corrected chi connectivity index (χ4v) is 11.8. The molecular formula is C31H48N2O2. The minimum atomic E-state index is -0.488. The SMILES string of the molecule is C[C@H](NC(=O)C(C(=O)N[C@@H](C)[C@@H]1C[C@@H]2CC[C@@H]1C2)C12CC3CC(CC(C3)C1)C2)[C@@H]1C[C@@H]2CC[C@@H]1C2. The summed E-state index contributed by atoms with van der Waals surface area (Å²) in [6.07, 6.45) is 18.1. The Balaban J connectivity index is 1.11. The number of rotatable bonds is 7. The first kappa shape index (κ1) is 23.1. The van der Waals surface area contributed by atoms with Gasteiger partial charge in [0.1, 0.15) is 5.92 Å². The van der Waals surface area contributed by atoms with Crippen LogP contribution in [-0.2, 0) is 9.59 Å². The Kier molecular flexibility index (Phi) is 5.60. The van der Waals surface area contributed by atoms with Crippen LogP contribution < -0.4 is 10.6 Å². The predicted octanol–water partition coefficient (Wildman–Crippen LogP) is 5.70. The van der Waals surface area contributed by atoms with Gasteiger partial charge in [-0.15, -0.1) is 0 Å². The number of nitrogens with one attached hydrogen (secondary N) is 2. The molecule has 0 radical (unpaired) electrons. The van der Waals surface area contributed by atoms with Crippen molar-refractivity contribution in [3.05, 3.63) is 0 Å². The summed E-state index contributed by atoms with van der Waals surface area (Å²) in [6.45, 7) is 4.46. The molecule has 8 fully saturated rings. The van der Waals surface area contributed by atoms with Crippen molar-refractivity contribution in [2.45, 2.75) is 116 Å². The van der Waals surface area contributed by atoms with E-state index >= 15 is 0 Å². The van der Waals surface area contributed by atoms with E-state index in [4.69, 9.17) is 0 Å². The van der Waals surface area contributed by atoms with Crippen LogP contribution in [0.25, 0.3) is 0 Å². The average Bonchev–Trinajstić information content (AvgIpc) is 3.59. The van der Waals surface area contributed by atoms with Crippen LogP contribution in [-0.4, -0.2) is 23.9 Å². The summed E-state index contributed by atoms with van der Waals surface area (Å²) in [7, 11) is 0. The van der Waals surface area contributed by atoms with E-state index in [0.717, 1.165) is 60.7 Å². The van der Waals surface area contributed by atoms with E-state index < -0.39 is 5.92 Å². The highest BCUT2D eigenvalue weighted by atomic mass is 16.2. The van der Waals surface area contributed by atoms with Crippen LogP contribution >= 0.6 is 0 Å². The number of hydrogen-bond donors (Lipinski definition) is 2. The van der Waals surface area contributed by atoms with Crippen LogP contribution in [0.2, 0.25) is 0 Å². The summed E-state index contributed by atoms with van der Waals surface area (Å²) in [6, 6.07) is 0.398. The molecule has 0 aromatic carbocycles. The van der Waals surface area contributed by atoms with Gasteiger partial charge in [0.2, 0.25) is 11.8 Å². The lowest BCUT2D eigenvalue weighted by Gasteiger charge is -2.58. The van der Waals surface area contributed by atoms with E-state index in [2.05, 4.69) is 24.5 Å². The van der Waals surface area contributed by atoms with Crippen molar-refractivity contribution in [3.63, 3.8) is 0 Å². The Hall–Kier alpha value is -1.06. The van der Waals surface area contributed by atoms with Gasteiger partial charge < -0.3 is 10.6 Å². The Labute approximate surface area is 212 Å². The van der Waals surface area contributed by atoms with Crippen molar-refractivity contribution in [1.29, 1.82) is 0 Å². The second-order valence-corrected chi connectivity index (χ2v) is 15.0. The molecule has 35 heavy (non-hydrogen) atoms. The minimum Gasteiger partial charge on any atom is -0.353 e. The quantitative estimate of drug-likeness (QED) is 0.459. The molecule has 8 aliphatic rings. The topological polar surface area (TPSA) is 58.2 Å². The summed E-state index contributed by atoms with van der Waals surface area (Å²) in [5.41, 5.74) is -0.0915. The third-order valence-corrected chi connectivity index (χ3v) is 12.8. The molecule has 8 aliphatic carbocycles. The Bertz CT molecular complexity index is 785. The molecule has 8 atom stereocenters. The molecule has 0 saturated heterocycles. The van der Waals surface area contributed by atoms with Gasteiger partial charge in [0, 0.05) is 12.1 Å². The maximum atomic E-state index is 14.1. The number of carbonyl (C=O) groups excluding carboxylic acids is 2. The Morgan fingerprint density at radius 1 is 0.600 bits per heavy atom. The molecule has 2 N–H and O–H groups in total. The molecule has 0 heterocycles. The highest BCUT2D eigenvalue weighted by molar-refractivity contribution is 6.01. The first-order chi connectivity index (χ1) is 16.9. The van der Waals surface area contributed by atoms with E-state index in [-0.39, 0.29) is 29.3 Å². The van der Waals surface area contributed by atoms with Gasteiger partial charge in [0.25, 0.3) is 0 Å². The van der Waals surface area contributed by atoms with Gasteiger partial charge in [-0.2, -0.15) is 0 Å². The fraction of sp³-hybridized carbons (Fsp3) is 0.935. The van der Waals surface area contributed by atoms with E-state index in [1.165, 1.54) is 70.6 Å². The lowest BCUT2D eigenvalue weighted by molar-refractivity contribution is -0.154. The summed E-state index contributed by atoms with van der Waals surface area (Å²) >= 11 is 0. The lowest BCUT2D eigenvalue weighted by atomic mass is 9.46. The van der Waals surface area contributed by atoms with E-state index in [9.17, 15) is 9.59 Å². The zero-order valence-electron chi connectivity index (χ0n) is 22.1. The molecule has 0 spiro atoms. The zero-order valence-corrected chi connectivity index (χ0v) is 22.1. The average molecular weight is 481 g/mol. The van der Waals surface area contributed by atoms with Gasteiger partial charge in [-0.25, -0.2) is 0 Å². The summed E-state index contributed by atoms with van der Waals surface area (Å²) in [4.78, 5) is 28.3. The van der Waals surface area contributed by atoms with Crippen LogP contribution in [0.5, 0.6) is 0 Å². The fourth-order valence-electron chi connectivity index (χ4n) is 11.8. The highest BCUT2D eigenvalue weighted by Gasteiger charge is 2.58. The largest absolute Gasteiger partial charge is 0.353 e. The van der Waals surface area contributed by atoms with Crippen LogP contribution in [0.1, 0.15) is 104 Å². The van der Waals surface area contributed by atoms with Gasteiger partial charge in [-0.05, 0) is 150 Å². The molecular weight excluding hydrogens is 432 g/mol. The third kappa shape index (κ3) is 3.90. The normalized spacial score (nSPS) is 48.5. The molecule has 8 saturated carbocycles. The minimum absolute atomic E-state index is 0.0693. The third-order valence-electron chi connectivity index (χ3n) is 12.8. The van der Waals surface area contributed by atoms with Gasteiger partial charge >= 0.3 is 0 Å². The molecule has 8 rings (SSSR count). The molecule has 8 bridgehead atoms. The maximum absolute atomic E-state index is 14.1. The van der Waals surface area contributed by atoms with Crippen LogP contribution in [0.3, 0.4) is 0 Å². The summed E-state index contributed by atoms with van der Waals surface area (Å²) in [5.74, 6) is 6.47. The van der Waals surface area contributed by atoms with Gasteiger partial charge in [-0.3, -0.25) is 9.59 Å². The first-order valence-corrected chi connectivity index (χ1v) is 15.5. The summed E-state index contributed by atoms with van der Waals surface area (Å²) in [5, 5.41) is 6.97. The molecule has 0 aromatic rings. The van der Waals surface area contributed by atoms with Gasteiger partial charge in [-0.1, -0.05) is 12.8 Å². The van der Waals surface area contributed by atoms with Gasteiger partial charge in [0.15, 0.2) is 0 Å². The van der Waals surface area contributed by atoms with E-state index in [0.29, 0.717) is 11.8 Å². The number of hydrogen-bond acceptors (Lipinski definition) is 2. The molecule has 0 aliphatic heterocycles. The lowest BCUT2D eigenvalue weighted by Crippen LogP contribution is -2.59. The number of amides is 2. The number of carbonyl (C=O) groups is 2. The van der Waals surface area contributed by atoms with Crippen molar-refractivity contribution < 1.29 is 9.59 Å². The summed E-state index contributed by atoms with van der Waals surface area (Å²) < 4.78 is 0. The molecule has 194 valence electrons. The smallest absolute Gasteiger partial charge is 0.233 e. The highest BCUT2D eigenvalue weighted by Crippen LogP contribution is 2.63. The van der Waals surface area contributed by atoms with E-state index in [1.54, 1.807) is 0 Å². The second-order valence-electron chi connectivity index (χ2n) is 15.0. The van der Waals surface area contributed by atoms with Crippen molar-refractivity contribution in [2.75, 3.05) is 0 Å².